The van der Waals surface area contributed by atoms with Gasteiger partial charge in [-0.05, 0) is 42.9 Å². The zero-order valence-electron chi connectivity index (χ0n) is 16.7. The number of hydrogen-bond donors (Lipinski definition) is 2. The molecule has 0 aromatic heterocycles. The minimum atomic E-state index is -0.355. The third kappa shape index (κ3) is 5.55. The third-order valence-corrected chi connectivity index (χ3v) is 5.24. The van der Waals surface area contributed by atoms with E-state index in [9.17, 15) is 14.4 Å². The summed E-state index contributed by atoms with van der Waals surface area (Å²) in [7, 11) is 0. The summed E-state index contributed by atoms with van der Waals surface area (Å²) in [6.45, 7) is 8.99. The molecule has 3 amide bonds. The molecule has 6 heteroatoms. The Morgan fingerprint density at radius 3 is 2.33 bits per heavy atom. The first-order valence-corrected chi connectivity index (χ1v) is 9.57. The Labute approximate surface area is 161 Å². The number of nitrogens with two attached hydrogens (primary N) is 1. The van der Waals surface area contributed by atoms with E-state index in [0.717, 1.165) is 18.4 Å². The average Bonchev–Trinajstić information content (AvgIpc) is 2.61. The topological polar surface area (TPSA) is 92.5 Å². The number of benzene rings is 1. The largest absolute Gasteiger partial charge is 0.369 e. The number of primary amides is 1. The van der Waals surface area contributed by atoms with Gasteiger partial charge in [0.15, 0.2) is 0 Å². The summed E-state index contributed by atoms with van der Waals surface area (Å²) in [6.07, 6.45) is 1.70. The van der Waals surface area contributed by atoms with Gasteiger partial charge in [-0.2, -0.15) is 0 Å². The molecule has 1 aliphatic heterocycles. The lowest BCUT2D eigenvalue weighted by Gasteiger charge is -2.37. The number of amides is 3. The van der Waals surface area contributed by atoms with Crippen LogP contribution in [0.3, 0.4) is 0 Å². The van der Waals surface area contributed by atoms with Crippen molar-refractivity contribution in [2.75, 3.05) is 13.1 Å². The van der Waals surface area contributed by atoms with Crippen LogP contribution in [0.4, 0.5) is 0 Å². The predicted octanol–water partition coefficient (Wildman–Crippen LogP) is 2.22. The van der Waals surface area contributed by atoms with Crippen LogP contribution in [-0.4, -0.2) is 41.8 Å². The molecule has 1 saturated heterocycles. The fourth-order valence-electron chi connectivity index (χ4n) is 3.34. The highest BCUT2D eigenvalue weighted by molar-refractivity contribution is 5.94. The molecule has 0 saturated carbocycles. The van der Waals surface area contributed by atoms with Crippen molar-refractivity contribution in [2.45, 2.75) is 58.4 Å². The number of hydrogen-bond acceptors (Lipinski definition) is 3. The van der Waals surface area contributed by atoms with Crippen molar-refractivity contribution in [2.24, 2.45) is 11.7 Å². The van der Waals surface area contributed by atoms with Gasteiger partial charge in [-0.1, -0.05) is 32.9 Å². The summed E-state index contributed by atoms with van der Waals surface area (Å²) < 4.78 is 0. The molecule has 0 unspecified atom stereocenters. The SMILES string of the molecule is C[C@H]1CC[C@@H](C(N)=O)CN1C(=O)CCNC(=O)c1ccc(C(C)(C)C)cc1. The van der Waals surface area contributed by atoms with E-state index in [-0.39, 0.29) is 48.1 Å². The van der Waals surface area contributed by atoms with Crippen LogP contribution in [0.5, 0.6) is 0 Å². The van der Waals surface area contributed by atoms with Gasteiger partial charge in [-0.15, -0.1) is 0 Å². The van der Waals surface area contributed by atoms with Crippen LogP contribution < -0.4 is 11.1 Å². The highest BCUT2D eigenvalue weighted by Gasteiger charge is 2.31. The lowest BCUT2D eigenvalue weighted by atomic mass is 9.87. The second-order valence-electron chi connectivity index (χ2n) is 8.41. The molecular weight excluding hydrogens is 342 g/mol. The monoisotopic (exact) mass is 373 g/mol. The second kappa shape index (κ2) is 8.55. The van der Waals surface area contributed by atoms with Crippen LogP contribution in [0, 0.1) is 5.92 Å². The Hall–Kier alpha value is -2.37. The van der Waals surface area contributed by atoms with E-state index in [1.807, 2.05) is 31.2 Å². The third-order valence-electron chi connectivity index (χ3n) is 5.24. The lowest BCUT2D eigenvalue weighted by molar-refractivity contribution is -0.137. The summed E-state index contributed by atoms with van der Waals surface area (Å²) in [5.41, 5.74) is 7.16. The van der Waals surface area contributed by atoms with E-state index in [4.69, 9.17) is 5.73 Å². The minimum Gasteiger partial charge on any atom is -0.369 e. The van der Waals surface area contributed by atoms with Crippen LogP contribution in [0.25, 0.3) is 0 Å². The maximum absolute atomic E-state index is 12.5. The molecule has 0 radical (unpaired) electrons. The van der Waals surface area contributed by atoms with Gasteiger partial charge in [0.1, 0.15) is 0 Å². The van der Waals surface area contributed by atoms with E-state index in [0.29, 0.717) is 12.1 Å². The number of nitrogens with zero attached hydrogens (tertiary/aromatic N) is 1. The predicted molar refractivity (Wildman–Crippen MR) is 105 cm³/mol. The first-order chi connectivity index (χ1) is 12.6. The lowest BCUT2D eigenvalue weighted by Crippen LogP contribution is -2.49. The van der Waals surface area contributed by atoms with E-state index in [1.165, 1.54) is 0 Å². The molecule has 0 bridgehead atoms. The number of carbonyl (C=O) groups is 3. The number of piperidine rings is 1. The molecule has 1 fully saturated rings. The number of likely N-dealkylation sites (tertiary alicyclic amines) is 1. The second-order valence-corrected chi connectivity index (χ2v) is 8.41. The molecule has 27 heavy (non-hydrogen) atoms. The number of rotatable bonds is 5. The van der Waals surface area contributed by atoms with Crippen LogP contribution in [-0.2, 0) is 15.0 Å². The van der Waals surface area contributed by atoms with Gasteiger partial charge in [0.25, 0.3) is 5.91 Å². The minimum absolute atomic E-state index is 0.0370. The Balaban J connectivity index is 1.85. The van der Waals surface area contributed by atoms with Crippen molar-refractivity contribution in [3.63, 3.8) is 0 Å². The maximum atomic E-state index is 12.5. The number of carbonyl (C=O) groups excluding carboxylic acids is 3. The fraction of sp³-hybridized carbons (Fsp3) is 0.571. The molecule has 6 nitrogen and oxygen atoms in total. The normalized spacial score (nSPS) is 20.2. The molecule has 0 spiro atoms. The maximum Gasteiger partial charge on any atom is 0.251 e. The van der Waals surface area contributed by atoms with Crippen molar-refractivity contribution in [1.82, 2.24) is 10.2 Å². The Bertz CT molecular complexity index is 692. The van der Waals surface area contributed by atoms with Crippen molar-refractivity contribution in [3.05, 3.63) is 35.4 Å². The Kier molecular flexibility index (Phi) is 6.63. The quantitative estimate of drug-likeness (QED) is 0.829. The first-order valence-electron chi connectivity index (χ1n) is 9.57. The van der Waals surface area contributed by atoms with Gasteiger partial charge in [0.05, 0.1) is 5.92 Å². The molecule has 148 valence electrons. The molecular formula is C21H31N3O3. The molecule has 0 aliphatic carbocycles. The van der Waals surface area contributed by atoms with Crippen LogP contribution >= 0.6 is 0 Å². The molecule has 2 atom stereocenters. The summed E-state index contributed by atoms with van der Waals surface area (Å²) >= 11 is 0. The summed E-state index contributed by atoms with van der Waals surface area (Å²) in [5, 5.41) is 2.80. The molecule has 1 aliphatic rings. The van der Waals surface area contributed by atoms with Gasteiger partial charge in [-0.25, -0.2) is 0 Å². The van der Waals surface area contributed by atoms with E-state index in [2.05, 4.69) is 26.1 Å². The molecule has 3 N–H and O–H groups in total. The van der Waals surface area contributed by atoms with E-state index < -0.39 is 0 Å². The fourth-order valence-corrected chi connectivity index (χ4v) is 3.34. The van der Waals surface area contributed by atoms with Gasteiger partial charge in [0, 0.05) is 31.1 Å². The number of nitrogens with one attached hydrogen (secondary N) is 1. The van der Waals surface area contributed by atoms with Crippen molar-refractivity contribution in [1.29, 1.82) is 0 Å². The summed E-state index contributed by atoms with van der Waals surface area (Å²) in [5.74, 6) is -0.880. The Morgan fingerprint density at radius 2 is 1.78 bits per heavy atom. The summed E-state index contributed by atoms with van der Waals surface area (Å²) in [6, 6.07) is 7.62. The van der Waals surface area contributed by atoms with Crippen LogP contribution in [0.2, 0.25) is 0 Å². The Morgan fingerprint density at radius 1 is 1.15 bits per heavy atom. The highest BCUT2D eigenvalue weighted by atomic mass is 16.2. The molecule has 1 aromatic carbocycles. The molecule has 1 heterocycles. The zero-order chi connectivity index (χ0) is 20.2. The van der Waals surface area contributed by atoms with Gasteiger partial charge in [-0.3, -0.25) is 14.4 Å². The summed E-state index contributed by atoms with van der Waals surface area (Å²) in [4.78, 5) is 37.9. The average molecular weight is 373 g/mol. The standard InChI is InChI=1S/C21H31N3O3/c1-14-5-6-16(19(22)26)13-24(14)18(25)11-12-23-20(27)15-7-9-17(10-8-15)21(2,3)4/h7-10,14,16H,5-6,11-13H2,1-4H3,(H2,22,26)(H,23,27)/t14-,16+/m0/s1. The first kappa shape index (κ1) is 20.9. The highest BCUT2D eigenvalue weighted by Crippen LogP contribution is 2.23. The molecule has 2 rings (SSSR count). The van der Waals surface area contributed by atoms with Crippen molar-refractivity contribution < 1.29 is 14.4 Å². The van der Waals surface area contributed by atoms with Crippen molar-refractivity contribution in [3.8, 4) is 0 Å². The van der Waals surface area contributed by atoms with E-state index >= 15 is 0 Å². The van der Waals surface area contributed by atoms with Gasteiger partial charge >= 0.3 is 0 Å². The smallest absolute Gasteiger partial charge is 0.251 e. The van der Waals surface area contributed by atoms with Gasteiger partial charge < -0.3 is 16.0 Å². The zero-order valence-corrected chi connectivity index (χ0v) is 16.7. The van der Waals surface area contributed by atoms with Crippen molar-refractivity contribution >= 4 is 17.7 Å². The van der Waals surface area contributed by atoms with Crippen LogP contribution in [0.1, 0.15) is 62.9 Å². The molecule has 1 aromatic rings. The van der Waals surface area contributed by atoms with Crippen LogP contribution in [0.15, 0.2) is 24.3 Å². The van der Waals surface area contributed by atoms with E-state index in [1.54, 1.807) is 4.90 Å². The van der Waals surface area contributed by atoms with Gasteiger partial charge in [0.2, 0.25) is 11.8 Å².